The molecule has 3 saturated heterocycles. The second-order valence-electron chi connectivity index (χ2n) is 8.76. The summed E-state index contributed by atoms with van der Waals surface area (Å²) >= 11 is 0. The first-order chi connectivity index (χ1) is 14.0. The Hall–Kier alpha value is -2.41. The van der Waals surface area contributed by atoms with E-state index in [2.05, 4.69) is 45.3 Å². The fourth-order valence-electron chi connectivity index (χ4n) is 5.36. The predicted octanol–water partition coefficient (Wildman–Crippen LogP) is 2.16. The van der Waals surface area contributed by atoms with Crippen LogP contribution in [0.25, 0.3) is 10.9 Å². The molecule has 2 aromatic rings. The van der Waals surface area contributed by atoms with Crippen LogP contribution in [-0.2, 0) is 16.6 Å². The van der Waals surface area contributed by atoms with Gasteiger partial charge in [0.25, 0.3) is 0 Å². The lowest BCUT2D eigenvalue weighted by molar-refractivity contribution is -0.134. The van der Waals surface area contributed by atoms with Crippen LogP contribution in [0.1, 0.15) is 50.6 Å². The summed E-state index contributed by atoms with van der Waals surface area (Å²) in [4.78, 5) is 29.0. The number of piperazine rings is 1. The molecular formula is C22H29N5O2. The molecule has 3 atom stereocenters. The van der Waals surface area contributed by atoms with Crippen LogP contribution in [-0.4, -0.2) is 58.2 Å². The molecule has 0 saturated carbocycles. The van der Waals surface area contributed by atoms with Crippen LogP contribution in [0.3, 0.4) is 0 Å². The highest BCUT2D eigenvalue weighted by atomic mass is 16.2. The molecule has 0 radical (unpaired) electrons. The van der Waals surface area contributed by atoms with Crippen molar-refractivity contribution in [2.24, 2.45) is 7.05 Å². The molecule has 7 heteroatoms. The van der Waals surface area contributed by atoms with Gasteiger partial charge in [0.05, 0.1) is 17.1 Å². The summed E-state index contributed by atoms with van der Waals surface area (Å²) in [7, 11) is 1.93. The smallest absolute Gasteiger partial charge is 0.235 e. The van der Waals surface area contributed by atoms with E-state index in [4.69, 9.17) is 0 Å². The lowest BCUT2D eigenvalue weighted by atomic mass is 9.93. The molecule has 29 heavy (non-hydrogen) atoms. The molecule has 0 aliphatic carbocycles. The molecule has 1 aromatic heterocycles. The monoisotopic (exact) mass is 395 g/mol. The highest BCUT2D eigenvalue weighted by Gasteiger charge is 2.43. The Morgan fingerprint density at radius 1 is 1.21 bits per heavy atom. The number of anilines is 1. The molecule has 3 unspecified atom stereocenters. The van der Waals surface area contributed by atoms with Gasteiger partial charge in [-0.1, -0.05) is 13.3 Å². The van der Waals surface area contributed by atoms with Gasteiger partial charge in [0, 0.05) is 49.7 Å². The zero-order valence-electron chi connectivity index (χ0n) is 17.2. The Labute approximate surface area is 171 Å². The summed E-state index contributed by atoms with van der Waals surface area (Å²) in [5, 5.41) is 8.14. The van der Waals surface area contributed by atoms with Crippen LogP contribution in [0, 0.1) is 0 Å². The maximum atomic E-state index is 12.3. The number of fused-ring (bicyclic) bond motifs is 3. The molecule has 2 bridgehead atoms. The van der Waals surface area contributed by atoms with E-state index in [9.17, 15) is 9.59 Å². The molecule has 5 rings (SSSR count). The van der Waals surface area contributed by atoms with Gasteiger partial charge in [-0.3, -0.25) is 24.5 Å². The number of nitrogens with zero attached hydrogens (tertiary/aromatic N) is 4. The molecular weight excluding hydrogens is 366 g/mol. The largest absolute Gasteiger partial charge is 0.366 e. The molecule has 7 nitrogen and oxygen atoms in total. The van der Waals surface area contributed by atoms with Crippen LogP contribution in [0.2, 0.25) is 0 Å². The van der Waals surface area contributed by atoms with Gasteiger partial charge in [-0.25, -0.2) is 0 Å². The van der Waals surface area contributed by atoms with Crippen molar-refractivity contribution in [1.29, 1.82) is 0 Å². The third kappa shape index (κ3) is 3.12. The highest BCUT2D eigenvalue weighted by Crippen LogP contribution is 2.37. The van der Waals surface area contributed by atoms with Crippen molar-refractivity contribution in [2.45, 2.75) is 57.0 Å². The van der Waals surface area contributed by atoms with Crippen molar-refractivity contribution in [3.05, 3.63) is 23.9 Å². The maximum Gasteiger partial charge on any atom is 0.235 e. The molecule has 3 aliphatic rings. The first kappa shape index (κ1) is 18.6. The number of imide groups is 1. The average Bonchev–Trinajstić information content (AvgIpc) is 3.39. The molecule has 0 spiro atoms. The zero-order chi connectivity index (χ0) is 20.1. The predicted molar refractivity (Wildman–Crippen MR) is 112 cm³/mol. The number of likely N-dealkylation sites (tertiary alicyclic amines) is 1. The summed E-state index contributed by atoms with van der Waals surface area (Å²) in [5.74, 6) is -0.766. The Kier molecular flexibility index (Phi) is 4.57. The van der Waals surface area contributed by atoms with Gasteiger partial charge in [-0.15, -0.1) is 0 Å². The zero-order valence-corrected chi connectivity index (χ0v) is 17.2. The number of unbranched alkanes of at least 4 members (excludes halogenated alkanes) is 1. The second-order valence-corrected chi connectivity index (χ2v) is 8.76. The van der Waals surface area contributed by atoms with Gasteiger partial charge in [0.15, 0.2) is 0 Å². The van der Waals surface area contributed by atoms with E-state index < -0.39 is 0 Å². The van der Waals surface area contributed by atoms with Gasteiger partial charge in [0.1, 0.15) is 0 Å². The Morgan fingerprint density at radius 2 is 2.07 bits per heavy atom. The number of carbonyl (C=O) groups excluding carboxylic acids is 2. The van der Waals surface area contributed by atoms with E-state index in [1.807, 2.05) is 11.7 Å². The fourth-order valence-corrected chi connectivity index (χ4v) is 5.36. The fraction of sp³-hybridized carbons (Fsp3) is 0.591. The first-order valence-electron chi connectivity index (χ1n) is 10.9. The number of amides is 2. The third-order valence-corrected chi connectivity index (χ3v) is 6.92. The number of carbonyl (C=O) groups is 2. The van der Waals surface area contributed by atoms with E-state index >= 15 is 0 Å². The lowest BCUT2D eigenvalue weighted by Gasteiger charge is -2.35. The number of hydrogen-bond donors (Lipinski definition) is 1. The normalized spacial score (nSPS) is 27.2. The Morgan fingerprint density at radius 3 is 2.79 bits per heavy atom. The highest BCUT2D eigenvalue weighted by molar-refractivity contribution is 6.02. The minimum absolute atomic E-state index is 0.189. The quantitative estimate of drug-likeness (QED) is 0.786. The standard InChI is InChI=1S/C22H29N5O2/c1-3-4-9-26-12-16-10-15(26)13-27(16)14-5-6-17-19(11-14)25(2)24-21(17)18-7-8-20(28)23-22(18)29/h5-6,11,15-16,18H,3-4,7-10,12-13H2,1-2H3,(H,23,28,29). The SMILES string of the molecule is CCCCN1CC2CC1CN2c1ccc2c(C3CCC(=O)NC3=O)nn(C)c2c1. The molecule has 4 heterocycles. The third-order valence-electron chi connectivity index (χ3n) is 6.92. The second kappa shape index (κ2) is 7.13. The van der Waals surface area contributed by atoms with Gasteiger partial charge in [-0.05, 0) is 44.0 Å². The Bertz CT molecular complexity index is 968. The molecule has 1 N–H and O–H groups in total. The summed E-state index contributed by atoms with van der Waals surface area (Å²) in [5.41, 5.74) is 3.08. The van der Waals surface area contributed by atoms with Crippen molar-refractivity contribution in [3.63, 3.8) is 0 Å². The van der Waals surface area contributed by atoms with Crippen LogP contribution >= 0.6 is 0 Å². The molecule has 154 valence electrons. The van der Waals surface area contributed by atoms with E-state index in [1.165, 1.54) is 31.5 Å². The first-order valence-corrected chi connectivity index (χ1v) is 10.9. The van der Waals surface area contributed by atoms with Crippen molar-refractivity contribution >= 4 is 28.4 Å². The van der Waals surface area contributed by atoms with E-state index in [0.29, 0.717) is 24.9 Å². The minimum atomic E-state index is -0.350. The van der Waals surface area contributed by atoms with Gasteiger partial charge in [-0.2, -0.15) is 5.10 Å². The maximum absolute atomic E-state index is 12.3. The Balaban J connectivity index is 1.39. The van der Waals surface area contributed by atoms with Crippen LogP contribution in [0.4, 0.5) is 5.69 Å². The van der Waals surface area contributed by atoms with Crippen LogP contribution < -0.4 is 10.2 Å². The topological polar surface area (TPSA) is 70.5 Å². The van der Waals surface area contributed by atoms with Gasteiger partial charge in [0.2, 0.25) is 11.8 Å². The van der Waals surface area contributed by atoms with Gasteiger partial charge >= 0.3 is 0 Å². The molecule has 3 fully saturated rings. The van der Waals surface area contributed by atoms with Crippen molar-refractivity contribution in [1.82, 2.24) is 20.0 Å². The van der Waals surface area contributed by atoms with Gasteiger partial charge < -0.3 is 4.90 Å². The molecule has 1 aromatic carbocycles. The number of piperidine rings is 1. The summed E-state index contributed by atoms with van der Waals surface area (Å²) in [6.45, 7) is 5.74. The summed E-state index contributed by atoms with van der Waals surface area (Å²) in [6.07, 6.45) is 4.70. The number of benzene rings is 1. The minimum Gasteiger partial charge on any atom is -0.366 e. The summed E-state index contributed by atoms with van der Waals surface area (Å²) < 4.78 is 1.87. The lowest BCUT2D eigenvalue weighted by Crippen LogP contribution is -2.46. The number of rotatable bonds is 5. The number of nitrogens with one attached hydrogen (secondary N) is 1. The van der Waals surface area contributed by atoms with Crippen molar-refractivity contribution in [2.75, 3.05) is 24.5 Å². The van der Waals surface area contributed by atoms with Crippen LogP contribution in [0.5, 0.6) is 0 Å². The van der Waals surface area contributed by atoms with Crippen molar-refractivity contribution < 1.29 is 9.59 Å². The molecule has 3 aliphatic heterocycles. The van der Waals surface area contributed by atoms with E-state index in [1.54, 1.807) is 0 Å². The van der Waals surface area contributed by atoms with Crippen LogP contribution in [0.15, 0.2) is 18.2 Å². The molecule has 2 amide bonds. The number of hydrogen-bond acceptors (Lipinski definition) is 5. The number of aromatic nitrogens is 2. The van der Waals surface area contributed by atoms with Crippen molar-refractivity contribution in [3.8, 4) is 0 Å². The average molecular weight is 396 g/mol. The van der Waals surface area contributed by atoms with E-state index in [-0.39, 0.29) is 17.7 Å². The summed E-state index contributed by atoms with van der Waals surface area (Å²) in [6, 6.07) is 7.77. The van der Waals surface area contributed by atoms with E-state index in [0.717, 1.165) is 29.7 Å². The number of aryl methyl sites for hydroxylation is 1.